The molecule has 3 nitrogen and oxygen atoms in total. The van der Waals surface area contributed by atoms with Crippen molar-refractivity contribution in [2.45, 2.75) is 20.3 Å². The lowest BCUT2D eigenvalue weighted by molar-refractivity contribution is 1.14. The van der Waals surface area contributed by atoms with E-state index < -0.39 is 0 Å². The second kappa shape index (κ2) is 14.5. The van der Waals surface area contributed by atoms with Crippen molar-refractivity contribution >= 4 is 118 Å². The van der Waals surface area contributed by atoms with Crippen molar-refractivity contribution < 1.29 is 0 Å². The average Bonchev–Trinajstić information content (AvgIpc) is 4.16. The SMILES string of the molecule is CCc1ccccc1-c1c(C)c2c(c3ccccc13)c1ccccc1n2-c1ccc2c(c1)c1cc(-n3c4ccccc4c4c5ccccc5c5c6ccccc6sc5c43)ccc1n2-c1ccccc1. The molecule has 0 aliphatic heterocycles. The van der Waals surface area contributed by atoms with Crippen molar-refractivity contribution in [1.29, 1.82) is 0 Å². The second-order valence-electron chi connectivity index (χ2n) is 18.6. The maximum Gasteiger partial charge on any atom is 0.0726 e. The summed E-state index contributed by atoms with van der Waals surface area (Å²) in [5.74, 6) is 0. The van der Waals surface area contributed by atoms with Crippen molar-refractivity contribution in [3.63, 3.8) is 0 Å². The first-order valence-corrected chi connectivity index (χ1v) is 24.9. The van der Waals surface area contributed by atoms with E-state index in [2.05, 4.69) is 240 Å². The Hall–Kier alpha value is -8.44. The van der Waals surface area contributed by atoms with Gasteiger partial charge in [0, 0.05) is 64.9 Å². The molecule has 0 unspecified atom stereocenters. The molecule has 0 saturated heterocycles. The van der Waals surface area contributed by atoms with E-state index in [0.717, 1.165) is 23.5 Å². The number of aromatic nitrogens is 3. The van der Waals surface area contributed by atoms with E-state index in [1.165, 1.54) is 129 Å². The van der Waals surface area contributed by atoms with Gasteiger partial charge in [-0.3, -0.25) is 0 Å². The maximum absolute atomic E-state index is 2.56. The van der Waals surface area contributed by atoms with E-state index >= 15 is 0 Å². The molecule has 0 fully saturated rings. The number of rotatable bonds is 5. The molecule has 15 rings (SSSR count). The highest BCUT2D eigenvalue weighted by Gasteiger charge is 2.25. The zero-order valence-corrected chi connectivity index (χ0v) is 39.0. The summed E-state index contributed by atoms with van der Waals surface area (Å²) < 4.78 is 10.2. The van der Waals surface area contributed by atoms with Crippen LogP contribution in [0.1, 0.15) is 18.1 Å². The smallest absolute Gasteiger partial charge is 0.0726 e. The van der Waals surface area contributed by atoms with E-state index in [9.17, 15) is 0 Å². The maximum atomic E-state index is 2.56. The lowest BCUT2D eigenvalue weighted by Crippen LogP contribution is -1.99. The average molecular weight is 898 g/mol. The third kappa shape index (κ3) is 5.27. The molecular weight excluding hydrogens is 855 g/mol. The van der Waals surface area contributed by atoms with Crippen molar-refractivity contribution in [3.8, 4) is 28.2 Å². The largest absolute Gasteiger partial charge is 0.309 e. The Morgan fingerprint density at radius 1 is 0.362 bits per heavy atom. The summed E-state index contributed by atoms with van der Waals surface area (Å²) in [6, 6.07) is 79.2. The third-order valence-corrected chi connectivity index (χ3v) is 16.3. The normalized spacial score (nSPS) is 12.3. The zero-order valence-electron chi connectivity index (χ0n) is 38.2. The Kier molecular flexibility index (Phi) is 8.14. The van der Waals surface area contributed by atoms with Gasteiger partial charge < -0.3 is 13.7 Å². The molecule has 4 heteroatoms. The zero-order chi connectivity index (χ0) is 45.5. The van der Waals surface area contributed by atoms with E-state index in [1.54, 1.807) is 0 Å². The third-order valence-electron chi connectivity index (χ3n) is 15.2. The number of para-hydroxylation sites is 3. The number of hydrogen-bond donors (Lipinski definition) is 0. The van der Waals surface area contributed by atoms with Gasteiger partial charge in [0.25, 0.3) is 0 Å². The Morgan fingerprint density at radius 2 is 0.841 bits per heavy atom. The quantitative estimate of drug-likeness (QED) is 0.164. The number of aryl methyl sites for hydroxylation is 2. The van der Waals surface area contributed by atoms with Crippen molar-refractivity contribution in [2.24, 2.45) is 0 Å². The topological polar surface area (TPSA) is 14.8 Å². The first-order valence-electron chi connectivity index (χ1n) is 24.1. The minimum atomic E-state index is 0.968. The van der Waals surface area contributed by atoms with Gasteiger partial charge in [0.05, 0.1) is 37.8 Å². The lowest BCUT2D eigenvalue weighted by Gasteiger charge is -2.18. The predicted molar refractivity (Wildman–Crippen MR) is 297 cm³/mol. The van der Waals surface area contributed by atoms with Gasteiger partial charge in [-0.25, -0.2) is 0 Å². The van der Waals surface area contributed by atoms with Crippen LogP contribution in [0.25, 0.3) is 135 Å². The monoisotopic (exact) mass is 897 g/mol. The molecule has 0 amide bonds. The van der Waals surface area contributed by atoms with Crippen LogP contribution in [-0.4, -0.2) is 13.7 Å². The fraction of sp³-hybridized carbons (Fsp3) is 0.0462. The summed E-state index contributed by atoms with van der Waals surface area (Å²) in [6.45, 7) is 4.62. The molecule has 324 valence electrons. The van der Waals surface area contributed by atoms with Gasteiger partial charge in [-0.2, -0.15) is 0 Å². The molecular formula is C65H43N3S. The summed E-state index contributed by atoms with van der Waals surface area (Å²) in [7, 11) is 0. The summed E-state index contributed by atoms with van der Waals surface area (Å²) in [4.78, 5) is 0. The Bertz CT molecular complexity index is 4650. The summed E-state index contributed by atoms with van der Waals surface area (Å²) in [5, 5.41) is 15.4. The van der Waals surface area contributed by atoms with E-state index in [1.807, 2.05) is 11.3 Å². The number of hydrogen-bond acceptors (Lipinski definition) is 1. The molecule has 0 radical (unpaired) electrons. The lowest BCUT2D eigenvalue weighted by atomic mass is 9.88. The van der Waals surface area contributed by atoms with Crippen LogP contribution in [0.2, 0.25) is 0 Å². The van der Waals surface area contributed by atoms with Crippen LogP contribution in [0.3, 0.4) is 0 Å². The van der Waals surface area contributed by atoms with Crippen molar-refractivity contribution in [1.82, 2.24) is 13.7 Å². The Balaban J connectivity index is 1.06. The Morgan fingerprint density at radius 3 is 1.49 bits per heavy atom. The molecule has 11 aromatic carbocycles. The van der Waals surface area contributed by atoms with Gasteiger partial charge in [0.1, 0.15) is 0 Å². The first-order chi connectivity index (χ1) is 34.2. The fourth-order valence-electron chi connectivity index (χ4n) is 12.3. The van der Waals surface area contributed by atoms with Crippen LogP contribution < -0.4 is 0 Å². The molecule has 0 N–H and O–H groups in total. The highest BCUT2D eigenvalue weighted by Crippen LogP contribution is 2.49. The van der Waals surface area contributed by atoms with Crippen LogP contribution >= 0.6 is 11.3 Å². The molecule has 0 bridgehead atoms. The van der Waals surface area contributed by atoms with Gasteiger partial charge in [0.15, 0.2) is 0 Å². The summed E-state index contributed by atoms with van der Waals surface area (Å²) in [5.41, 5.74) is 16.0. The number of nitrogens with zero attached hydrogens (tertiary/aromatic N) is 3. The van der Waals surface area contributed by atoms with E-state index in [-0.39, 0.29) is 0 Å². The highest BCUT2D eigenvalue weighted by atomic mass is 32.1. The highest BCUT2D eigenvalue weighted by molar-refractivity contribution is 7.27. The molecule has 4 aromatic heterocycles. The number of benzene rings is 11. The van der Waals surface area contributed by atoms with Gasteiger partial charge in [-0.15, -0.1) is 11.3 Å². The fourth-order valence-corrected chi connectivity index (χ4v) is 13.6. The molecule has 0 saturated carbocycles. The second-order valence-corrected chi connectivity index (χ2v) is 19.7. The van der Waals surface area contributed by atoms with Gasteiger partial charge in [-0.05, 0) is 124 Å². The minimum absolute atomic E-state index is 0.968. The molecule has 0 aliphatic rings. The number of thiophene rings is 1. The van der Waals surface area contributed by atoms with Gasteiger partial charge in [-0.1, -0.05) is 153 Å². The summed E-state index contributed by atoms with van der Waals surface area (Å²) in [6.07, 6.45) is 0.968. The first kappa shape index (κ1) is 38.6. The van der Waals surface area contributed by atoms with Gasteiger partial charge >= 0.3 is 0 Å². The molecule has 0 aliphatic carbocycles. The van der Waals surface area contributed by atoms with E-state index in [4.69, 9.17) is 0 Å². The van der Waals surface area contributed by atoms with Crippen LogP contribution in [-0.2, 0) is 6.42 Å². The molecule has 15 aromatic rings. The standard InChI is InChI=1S/C65H43N3S/c1-3-40-19-7-8-22-44(40)59-39(2)63-60(46-24-10-9-23-45(46)59)49-27-13-16-30-54(49)67(63)42-33-35-56-52(37-42)53-38-43(34-36-57(53)66(56)41-20-5-4-6-21-41)68-55-31-17-14-28-50(55)61-47-25-11-12-26-48(47)62-51-29-15-18-32-58(51)69-65(62)64(61)68/h4-38H,3H2,1-2H3. The molecule has 0 spiro atoms. The van der Waals surface area contributed by atoms with Crippen LogP contribution in [0, 0.1) is 6.92 Å². The number of fused-ring (bicyclic) bond motifs is 18. The van der Waals surface area contributed by atoms with Crippen LogP contribution in [0.5, 0.6) is 0 Å². The predicted octanol–water partition coefficient (Wildman–Crippen LogP) is 18.2. The minimum Gasteiger partial charge on any atom is -0.309 e. The van der Waals surface area contributed by atoms with Crippen LogP contribution in [0.4, 0.5) is 0 Å². The molecule has 0 atom stereocenters. The van der Waals surface area contributed by atoms with Crippen molar-refractivity contribution in [3.05, 3.63) is 223 Å². The Labute approximate surface area is 401 Å². The molecule has 69 heavy (non-hydrogen) atoms. The van der Waals surface area contributed by atoms with Gasteiger partial charge in [0.2, 0.25) is 0 Å². The van der Waals surface area contributed by atoms with Crippen LogP contribution in [0.15, 0.2) is 212 Å². The summed E-state index contributed by atoms with van der Waals surface area (Å²) >= 11 is 1.92. The molecule has 4 heterocycles. The van der Waals surface area contributed by atoms with E-state index in [0.29, 0.717) is 0 Å². The van der Waals surface area contributed by atoms with Crippen molar-refractivity contribution in [2.75, 3.05) is 0 Å².